The van der Waals surface area contributed by atoms with E-state index in [4.69, 9.17) is 10.5 Å². The van der Waals surface area contributed by atoms with Gasteiger partial charge in [-0.15, -0.1) is 0 Å². The normalized spacial score (nSPS) is 13.5. The molecule has 2 aromatic rings. The number of nitrogens with zero attached hydrogens (tertiary/aromatic N) is 1. The van der Waals surface area contributed by atoms with E-state index in [1.165, 1.54) is 13.2 Å². The molecule has 5 nitrogen and oxygen atoms in total. The van der Waals surface area contributed by atoms with Crippen molar-refractivity contribution in [2.45, 2.75) is 6.92 Å². The first kappa shape index (κ1) is 13.2. The number of ether oxygens (including phenoxy) is 1. The molecule has 0 saturated heterocycles. The molecule has 1 aliphatic rings. The van der Waals surface area contributed by atoms with Crippen LogP contribution in [-0.2, 0) is 0 Å². The van der Waals surface area contributed by atoms with E-state index in [0.717, 1.165) is 10.5 Å². The lowest BCUT2D eigenvalue weighted by molar-refractivity contribution is 0.0925. The van der Waals surface area contributed by atoms with Gasteiger partial charge in [0.25, 0.3) is 11.8 Å². The first-order valence-electron chi connectivity index (χ1n) is 6.46. The number of carbonyl (C=O) groups is 2. The molecule has 2 amide bonds. The number of benzene rings is 2. The minimum absolute atomic E-state index is 0.323. The molecule has 3 rings (SSSR count). The fourth-order valence-electron chi connectivity index (χ4n) is 2.45. The van der Waals surface area contributed by atoms with Crippen LogP contribution in [0.15, 0.2) is 36.4 Å². The Bertz CT molecular complexity index is 768. The average Bonchev–Trinajstić information content (AvgIpc) is 2.70. The molecule has 106 valence electrons. The minimum Gasteiger partial charge on any atom is -0.495 e. The van der Waals surface area contributed by atoms with E-state index in [9.17, 15) is 9.59 Å². The van der Waals surface area contributed by atoms with E-state index in [1.807, 2.05) is 13.0 Å². The lowest BCUT2D eigenvalue weighted by Gasteiger charge is -2.17. The van der Waals surface area contributed by atoms with Crippen molar-refractivity contribution in [2.75, 3.05) is 17.7 Å². The minimum atomic E-state index is -0.383. The predicted octanol–water partition coefficient (Wildman–Crippen LogP) is 2.39. The van der Waals surface area contributed by atoms with E-state index < -0.39 is 0 Å². The fraction of sp³-hybridized carbons (Fsp3) is 0.125. The van der Waals surface area contributed by atoms with Crippen molar-refractivity contribution in [3.8, 4) is 5.75 Å². The van der Waals surface area contributed by atoms with Crippen molar-refractivity contribution < 1.29 is 14.3 Å². The van der Waals surface area contributed by atoms with Crippen molar-refractivity contribution in [3.63, 3.8) is 0 Å². The molecule has 5 heteroatoms. The number of methoxy groups -OCH3 is 1. The Hall–Kier alpha value is -2.82. The summed E-state index contributed by atoms with van der Waals surface area (Å²) < 4.78 is 5.26. The maximum Gasteiger partial charge on any atom is 0.266 e. The Morgan fingerprint density at radius 3 is 2.43 bits per heavy atom. The molecule has 0 bridgehead atoms. The third-order valence-electron chi connectivity index (χ3n) is 3.49. The number of nitrogens with two attached hydrogens (primary N) is 1. The Balaban J connectivity index is 2.16. The van der Waals surface area contributed by atoms with Gasteiger partial charge in [0, 0.05) is 5.69 Å². The standard InChI is InChI=1S/C16H14N2O3/c1-9-3-6-14(21-2)13(7-9)18-15(19)11-5-4-10(17)8-12(11)16(18)20/h3-8H,17H2,1-2H3. The Morgan fingerprint density at radius 1 is 1.00 bits per heavy atom. The van der Waals surface area contributed by atoms with Crippen LogP contribution in [0.5, 0.6) is 5.75 Å². The topological polar surface area (TPSA) is 72.6 Å². The molecule has 0 aliphatic carbocycles. The molecule has 1 heterocycles. The molecule has 1 aliphatic heterocycles. The van der Waals surface area contributed by atoms with Gasteiger partial charge in [-0.1, -0.05) is 6.07 Å². The van der Waals surface area contributed by atoms with Crippen molar-refractivity contribution in [3.05, 3.63) is 53.1 Å². The van der Waals surface area contributed by atoms with Crippen LogP contribution in [0.2, 0.25) is 0 Å². The summed E-state index contributed by atoms with van der Waals surface area (Å²) in [5.74, 6) is -0.270. The molecule has 2 aromatic carbocycles. The third-order valence-corrected chi connectivity index (χ3v) is 3.49. The van der Waals surface area contributed by atoms with Gasteiger partial charge in [-0.05, 0) is 42.8 Å². The summed E-state index contributed by atoms with van der Waals surface area (Å²) in [5.41, 5.74) is 8.21. The second kappa shape index (κ2) is 4.63. The first-order valence-corrected chi connectivity index (χ1v) is 6.46. The highest BCUT2D eigenvalue weighted by molar-refractivity contribution is 6.35. The summed E-state index contributed by atoms with van der Waals surface area (Å²) in [6, 6.07) is 10.1. The van der Waals surface area contributed by atoms with Crippen LogP contribution in [-0.4, -0.2) is 18.9 Å². The van der Waals surface area contributed by atoms with E-state index >= 15 is 0 Å². The van der Waals surface area contributed by atoms with Crippen LogP contribution in [0.3, 0.4) is 0 Å². The second-order valence-corrected chi connectivity index (χ2v) is 4.93. The highest BCUT2D eigenvalue weighted by atomic mass is 16.5. The maximum absolute atomic E-state index is 12.5. The van der Waals surface area contributed by atoms with E-state index in [1.54, 1.807) is 24.3 Å². The van der Waals surface area contributed by atoms with Crippen molar-refractivity contribution >= 4 is 23.2 Å². The summed E-state index contributed by atoms with van der Waals surface area (Å²) in [4.78, 5) is 26.2. The van der Waals surface area contributed by atoms with Crippen LogP contribution in [0.25, 0.3) is 0 Å². The zero-order chi connectivity index (χ0) is 15.1. The summed E-state index contributed by atoms with van der Waals surface area (Å²) in [6.45, 7) is 1.89. The quantitative estimate of drug-likeness (QED) is 0.678. The highest BCUT2D eigenvalue weighted by Crippen LogP contribution is 2.35. The number of imide groups is 1. The van der Waals surface area contributed by atoms with Gasteiger partial charge in [-0.2, -0.15) is 0 Å². The number of hydrogen-bond donors (Lipinski definition) is 1. The molecular formula is C16H14N2O3. The summed E-state index contributed by atoms with van der Waals surface area (Å²) >= 11 is 0. The SMILES string of the molecule is COc1ccc(C)cc1N1C(=O)c2ccc(N)cc2C1=O. The molecule has 0 aromatic heterocycles. The molecule has 0 unspecified atom stereocenters. The number of fused-ring (bicyclic) bond motifs is 1. The Kier molecular flexibility index (Phi) is 2.90. The molecule has 0 radical (unpaired) electrons. The van der Waals surface area contributed by atoms with E-state index in [2.05, 4.69) is 0 Å². The zero-order valence-electron chi connectivity index (χ0n) is 11.7. The number of nitrogen functional groups attached to an aromatic ring is 1. The Morgan fingerprint density at radius 2 is 1.71 bits per heavy atom. The fourth-order valence-corrected chi connectivity index (χ4v) is 2.45. The van der Waals surface area contributed by atoms with Crippen molar-refractivity contribution in [1.29, 1.82) is 0 Å². The molecule has 2 N–H and O–H groups in total. The number of aryl methyl sites for hydroxylation is 1. The van der Waals surface area contributed by atoms with Crippen LogP contribution in [0.1, 0.15) is 26.3 Å². The molecule has 21 heavy (non-hydrogen) atoms. The summed E-state index contributed by atoms with van der Waals surface area (Å²) in [6.07, 6.45) is 0. The molecule has 0 spiro atoms. The number of hydrogen-bond acceptors (Lipinski definition) is 4. The average molecular weight is 282 g/mol. The van der Waals surface area contributed by atoms with Crippen LogP contribution >= 0.6 is 0 Å². The van der Waals surface area contributed by atoms with Gasteiger partial charge in [0.2, 0.25) is 0 Å². The van der Waals surface area contributed by atoms with E-state index in [-0.39, 0.29) is 11.8 Å². The summed E-state index contributed by atoms with van der Waals surface area (Å²) in [5, 5.41) is 0. The van der Waals surface area contributed by atoms with Gasteiger partial charge in [0.1, 0.15) is 5.75 Å². The zero-order valence-corrected chi connectivity index (χ0v) is 11.7. The first-order chi connectivity index (χ1) is 10.0. The maximum atomic E-state index is 12.5. The lowest BCUT2D eigenvalue weighted by atomic mass is 10.1. The van der Waals surface area contributed by atoms with Gasteiger partial charge < -0.3 is 10.5 Å². The number of anilines is 2. The van der Waals surface area contributed by atoms with Crippen LogP contribution < -0.4 is 15.4 Å². The number of amides is 2. The second-order valence-electron chi connectivity index (χ2n) is 4.93. The number of carbonyl (C=O) groups excluding carboxylic acids is 2. The summed E-state index contributed by atoms with van der Waals surface area (Å²) in [7, 11) is 1.50. The smallest absolute Gasteiger partial charge is 0.266 e. The van der Waals surface area contributed by atoms with Gasteiger partial charge >= 0.3 is 0 Å². The highest BCUT2D eigenvalue weighted by Gasteiger charge is 2.38. The van der Waals surface area contributed by atoms with Gasteiger partial charge in [0.15, 0.2) is 0 Å². The monoisotopic (exact) mass is 282 g/mol. The third kappa shape index (κ3) is 1.94. The molecule has 0 saturated carbocycles. The molecule has 0 fully saturated rings. The van der Waals surface area contributed by atoms with Gasteiger partial charge in [-0.25, -0.2) is 4.90 Å². The van der Waals surface area contributed by atoms with Crippen molar-refractivity contribution in [1.82, 2.24) is 0 Å². The van der Waals surface area contributed by atoms with Crippen LogP contribution in [0.4, 0.5) is 11.4 Å². The van der Waals surface area contributed by atoms with Gasteiger partial charge in [0.05, 0.1) is 23.9 Å². The molecule has 0 atom stereocenters. The Labute approximate surface area is 121 Å². The number of rotatable bonds is 2. The molecular weight excluding hydrogens is 268 g/mol. The van der Waals surface area contributed by atoms with Crippen molar-refractivity contribution in [2.24, 2.45) is 0 Å². The van der Waals surface area contributed by atoms with E-state index in [0.29, 0.717) is 28.3 Å². The van der Waals surface area contributed by atoms with Gasteiger partial charge in [-0.3, -0.25) is 9.59 Å². The lowest BCUT2D eigenvalue weighted by Crippen LogP contribution is -2.29. The largest absolute Gasteiger partial charge is 0.495 e. The predicted molar refractivity (Wildman–Crippen MR) is 79.7 cm³/mol. The van der Waals surface area contributed by atoms with Crippen LogP contribution in [0, 0.1) is 6.92 Å².